The fourth-order valence-electron chi connectivity index (χ4n) is 3.21. The standard InChI is InChI=1S/C20H25BrN4O4S/c1-12-9-14(6-7-15(12)21)22-20(26)17-11-16(23-24-17)13-5-8-18(29-4)19(10-13)30(27,28)25(2)3/h5-10,16-17,23-24H,11H2,1-4H3,(H,22,26). The highest BCUT2D eigenvalue weighted by molar-refractivity contribution is 9.10. The summed E-state index contributed by atoms with van der Waals surface area (Å²) in [6, 6.07) is 9.94. The van der Waals surface area contributed by atoms with E-state index in [1.807, 2.05) is 25.1 Å². The highest BCUT2D eigenvalue weighted by Gasteiger charge is 2.32. The van der Waals surface area contributed by atoms with Gasteiger partial charge in [-0.25, -0.2) is 23.6 Å². The minimum Gasteiger partial charge on any atom is -0.495 e. The van der Waals surface area contributed by atoms with Gasteiger partial charge in [0, 0.05) is 30.3 Å². The molecule has 2 aromatic rings. The maximum Gasteiger partial charge on any atom is 0.246 e. The Labute approximate surface area is 185 Å². The molecule has 1 heterocycles. The number of sulfonamides is 1. The van der Waals surface area contributed by atoms with Crippen molar-refractivity contribution in [2.75, 3.05) is 26.5 Å². The maximum absolute atomic E-state index is 12.7. The van der Waals surface area contributed by atoms with Gasteiger partial charge in [-0.3, -0.25) is 4.79 Å². The molecule has 1 aliphatic rings. The SMILES string of the molecule is COc1ccc(C2CC(C(=O)Nc3ccc(Br)c(C)c3)NN2)cc1S(=O)(=O)N(C)C. The van der Waals surface area contributed by atoms with Gasteiger partial charge < -0.3 is 10.1 Å². The maximum atomic E-state index is 12.7. The molecule has 30 heavy (non-hydrogen) atoms. The predicted molar refractivity (Wildman–Crippen MR) is 119 cm³/mol. The molecule has 162 valence electrons. The Bertz CT molecular complexity index is 1060. The van der Waals surface area contributed by atoms with Gasteiger partial charge in [-0.2, -0.15) is 0 Å². The highest BCUT2D eigenvalue weighted by atomic mass is 79.9. The molecule has 1 saturated heterocycles. The first kappa shape index (κ1) is 22.7. The normalized spacial score (nSPS) is 19.1. The molecule has 2 aromatic carbocycles. The van der Waals surface area contributed by atoms with Crippen molar-refractivity contribution in [2.45, 2.75) is 30.3 Å². The fraction of sp³-hybridized carbons (Fsp3) is 0.350. The number of rotatable bonds is 6. The molecule has 0 spiro atoms. The van der Waals surface area contributed by atoms with Crippen molar-refractivity contribution in [1.29, 1.82) is 0 Å². The largest absolute Gasteiger partial charge is 0.495 e. The number of aryl methyl sites for hydroxylation is 1. The number of hydrogen-bond donors (Lipinski definition) is 3. The Balaban J connectivity index is 1.76. The number of hydrazine groups is 1. The molecule has 1 fully saturated rings. The quantitative estimate of drug-likeness (QED) is 0.568. The van der Waals surface area contributed by atoms with E-state index in [2.05, 4.69) is 32.1 Å². The molecule has 3 rings (SSSR count). The number of halogens is 1. The highest BCUT2D eigenvalue weighted by Crippen LogP contribution is 2.31. The van der Waals surface area contributed by atoms with Gasteiger partial charge in [0.05, 0.1) is 7.11 Å². The zero-order valence-corrected chi connectivity index (χ0v) is 19.6. The summed E-state index contributed by atoms with van der Waals surface area (Å²) >= 11 is 3.44. The molecule has 0 radical (unpaired) electrons. The lowest BCUT2D eigenvalue weighted by Gasteiger charge is -2.17. The third-order valence-electron chi connectivity index (χ3n) is 4.99. The van der Waals surface area contributed by atoms with Crippen LogP contribution in [0.4, 0.5) is 5.69 Å². The van der Waals surface area contributed by atoms with Gasteiger partial charge >= 0.3 is 0 Å². The van der Waals surface area contributed by atoms with Gasteiger partial charge in [0.25, 0.3) is 0 Å². The number of methoxy groups -OCH3 is 1. The van der Waals surface area contributed by atoms with Crippen LogP contribution in [0.5, 0.6) is 5.75 Å². The summed E-state index contributed by atoms with van der Waals surface area (Å²) in [5.41, 5.74) is 8.58. The molecular weight excluding hydrogens is 472 g/mol. The first-order valence-electron chi connectivity index (χ1n) is 9.32. The summed E-state index contributed by atoms with van der Waals surface area (Å²) < 4.78 is 32.7. The van der Waals surface area contributed by atoms with E-state index >= 15 is 0 Å². The second kappa shape index (κ2) is 9.03. The number of carbonyl (C=O) groups is 1. The minimum atomic E-state index is -3.67. The van der Waals surface area contributed by atoms with Crippen molar-refractivity contribution in [3.8, 4) is 5.75 Å². The van der Waals surface area contributed by atoms with Crippen LogP contribution in [0.15, 0.2) is 45.8 Å². The average molecular weight is 497 g/mol. The zero-order valence-electron chi connectivity index (χ0n) is 17.2. The summed E-state index contributed by atoms with van der Waals surface area (Å²) in [6.45, 7) is 1.95. The topological polar surface area (TPSA) is 99.8 Å². The first-order chi connectivity index (χ1) is 14.1. The van der Waals surface area contributed by atoms with E-state index in [1.165, 1.54) is 21.2 Å². The van der Waals surface area contributed by atoms with Gasteiger partial charge in [0.1, 0.15) is 16.7 Å². The molecule has 0 aromatic heterocycles. The summed E-state index contributed by atoms with van der Waals surface area (Å²) in [5.74, 6) is 0.111. The summed E-state index contributed by atoms with van der Waals surface area (Å²) in [7, 11) is 0.707. The van der Waals surface area contributed by atoms with E-state index in [1.54, 1.807) is 18.2 Å². The number of nitrogens with one attached hydrogen (secondary N) is 3. The fourth-order valence-corrected chi connectivity index (χ4v) is 4.54. The van der Waals surface area contributed by atoms with Crippen molar-refractivity contribution in [3.63, 3.8) is 0 Å². The minimum absolute atomic E-state index is 0.0903. The lowest BCUT2D eigenvalue weighted by molar-refractivity contribution is -0.117. The third-order valence-corrected chi connectivity index (χ3v) is 7.72. The lowest BCUT2D eigenvalue weighted by Crippen LogP contribution is -2.39. The van der Waals surface area contributed by atoms with Crippen molar-refractivity contribution in [1.82, 2.24) is 15.2 Å². The number of amides is 1. The smallest absolute Gasteiger partial charge is 0.246 e. The van der Waals surface area contributed by atoms with Crippen LogP contribution in [-0.2, 0) is 14.8 Å². The van der Waals surface area contributed by atoms with E-state index in [-0.39, 0.29) is 22.6 Å². The van der Waals surface area contributed by atoms with E-state index in [0.717, 1.165) is 25.6 Å². The Hall–Kier alpha value is -1.98. The summed E-state index contributed by atoms with van der Waals surface area (Å²) in [6.07, 6.45) is 0.467. The van der Waals surface area contributed by atoms with Gasteiger partial charge in [0.15, 0.2) is 0 Å². The van der Waals surface area contributed by atoms with Crippen LogP contribution in [0.3, 0.4) is 0 Å². The predicted octanol–water partition coefficient (Wildman–Crippen LogP) is 2.56. The lowest BCUT2D eigenvalue weighted by atomic mass is 10.0. The van der Waals surface area contributed by atoms with Crippen LogP contribution < -0.4 is 20.9 Å². The average Bonchev–Trinajstić information content (AvgIpc) is 3.20. The molecule has 2 unspecified atom stereocenters. The molecule has 0 bridgehead atoms. The van der Waals surface area contributed by atoms with Crippen molar-refractivity contribution >= 4 is 37.5 Å². The Morgan fingerprint density at radius 2 is 1.93 bits per heavy atom. The van der Waals surface area contributed by atoms with Gasteiger partial charge in [0.2, 0.25) is 15.9 Å². The number of anilines is 1. The molecule has 8 nitrogen and oxygen atoms in total. The number of hydrogen-bond acceptors (Lipinski definition) is 6. The van der Waals surface area contributed by atoms with Crippen LogP contribution in [-0.4, -0.2) is 45.9 Å². The van der Waals surface area contributed by atoms with E-state index in [4.69, 9.17) is 4.74 Å². The molecule has 10 heteroatoms. The number of nitrogens with zero attached hydrogens (tertiary/aromatic N) is 1. The van der Waals surface area contributed by atoms with Gasteiger partial charge in [-0.15, -0.1) is 0 Å². The van der Waals surface area contributed by atoms with Gasteiger partial charge in [-0.1, -0.05) is 22.0 Å². The van der Waals surface area contributed by atoms with Crippen LogP contribution in [0.25, 0.3) is 0 Å². The second-order valence-corrected chi connectivity index (χ2v) is 10.3. The molecule has 0 saturated carbocycles. The monoisotopic (exact) mass is 496 g/mol. The van der Waals surface area contributed by atoms with Crippen LogP contribution >= 0.6 is 15.9 Å². The van der Waals surface area contributed by atoms with Gasteiger partial charge in [-0.05, 0) is 54.8 Å². The zero-order chi connectivity index (χ0) is 22.1. The number of carbonyl (C=O) groups excluding carboxylic acids is 1. The van der Waals surface area contributed by atoms with Crippen molar-refractivity contribution < 1.29 is 17.9 Å². The molecule has 1 aliphatic heterocycles. The second-order valence-electron chi connectivity index (χ2n) is 7.28. The first-order valence-corrected chi connectivity index (χ1v) is 11.6. The van der Waals surface area contributed by atoms with Crippen molar-refractivity contribution in [2.24, 2.45) is 0 Å². The number of benzene rings is 2. The third kappa shape index (κ3) is 4.68. The molecule has 2 atom stereocenters. The molecule has 0 aliphatic carbocycles. The molecular formula is C20H25BrN4O4S. The number of ether oxygens (including phenoxy) is 1. The Morgan fingerprint density at radius 1 is 1.20 bits per heavy atom. The Morgan fingerprint density at radius 3 is 2.57 bits per heavy atom. The van der Waals surface area contributed by atoms with Crippen molar-refractivity contribution in [3.05, 3.63) is 52.0 Å². The summed E-state index contributed by atoms with van der Waals surface area (Å²) in [5, 5.41) is 2.91. The molecule has 3 N–H and O–H groups in total. The Kier molecular flexibility index (Phi) is 6.83. The van der Waals surface area contributed by atoms with E-state index in [9.17, 15) is 13.2 Å². The molecule has 1 amide bonds. The van der Waals surface area contributed by atoms with Crippen LogP contribution in [0.1, 0.15) is 23.6 Å². The summed E-state index contributed by atoms with van der Waals surface area (Å²) in [4.78, 5) is 12.7. The van der Waals surface area contributed by atoms with Crippen LogP contribution in [0, 0.1) is 6.92 Å². The van der Waals surface area contributed by atoms with Crippen LogP contribution in [0.2, 0.25) is 0 Å². The van der Waals surface area contributed by atoms with E-state index in [0.29, 0.717) is 6.42 Å². The van der Waals surface area contributed by atoms with E-state index < -0.39 is 16.1 Å².